The fourth-order valence-electron chi connectivity index (χ4n) is 10.8. The van der Waals surface area contributed by atoms with Crippen molar-refractivity contribution in [2.75, 3.05) is 82.6 Å². The van der Waals surface area contributed by atoms with Crippen LogP contribution in [0, 0.1) is 17.5 Å². The minimum absolute atomic E-state index is 0.0542. The molecule has 2 fully saturated rings. The molecular formula is C56H69F3N10O8. The van der Waals surface area contributed by atoms with E-state index in [1.807, 2.05) is 19.1 Å². The predicted octanol–water partition coefficient (Wildman–Crippen LogP) is 3.60. The Morgan fingerprint density at radius 1 is 0.909 bits per heavy atom. The van der Waals surface area contributed by atoms with Crippen LogP contribution in [-0.4, -0.2) is 159 Å². The van der Waals surface area contributed by atoms with Crippen molar-refractivity contribution in [2.24, 2.45) is 0 Å². The lowest BCUT2D eigenvalue weighted by Gasteiger charge is -2.46. The minimum atomic E-state index is -1.78. The number of carbonyl (C=O) groups excluding carboxylic acids is 6. The second-order valence-electron chi connectivity index (χ2n) is 20.6. The first kappa shape index (κ1) is 56.5. The third kappa shape index (κ3) is 12.2. The molecule has 4 aromatic rings. The smallest absolute Gasteiger partial charge is 0.252 e. The van der Waals surface area contributed by atoms with Gasteiger partial charge < -0.3 is 51.6 Å². The molecule has 4 aliphatic rings. The number of ether oxygens (including phenoxy) is 2. The first-order chi connectivity index (χ1) is 36.8. The van der Waals surface area contributed by atoms with Gasteiger partial charge in [-0.15, -0.1) is 0 Å². The number of ketones is 1. The Kier molecular flexibility index (Phi) is 17.8. The Bertz CT molecular complexity index is 2840. The third-order valence-electron chi connectivity index (χ3n) is 15.5. The summed E-state index contributed by atoms with van der Waals surface area (Å²) in [6.45, 7) is 12.1. The second kappa shape index (κ2) is 24.3. The number of hydrogen-bond acceptors (Lipinski definition) is 13. The van der Waals surface area contributed by atoms with Gasteiger partial charge in [0.05, 0.1) is 37.9 Å². The molecule has 0 aromatic heterocycles. The molecule has 4 aromatic carbocycles. The van der Waals surface area contributed by atoms with Gasteiger partial charge in [-0.3, -0.25) is 38.6 Å². The van der Waals surface area contributed by atoms with E-state index in [4.69, 9.17) is 9.47 Å². The molecule has 21 heteroatoms. The van der Waals surface area contributed by atoms with Gasteiger partial charge in [0, 0.05) is 81.4 Å². The molecule has 2 saturated heterocycles. The van der Waals surface area contributed by atoms with Crippen LogP contribution in [0.2, 0.25) is 0 Å². The molecule has 7 N–H and O–H groups in total. The number of morpholine rings is 1. The number of nitrogens with zero attached hydrogens (tertiary/aromatic N) is 3. The van der Waals surface area contributed by atoms with Gasteiger partial charge in [-0.05, 0) is 113 Å². The van der Waals surface area contributed by atoms with Crippen LogP contribution in [0.15, 0.2) is 78.9 Å². The number of halogens is 3. The monoisotopic (exact) mass is 1070 g/mol. The zero-order chi connectivity index (χ0) is 55.3. The summed E-state index contributed by atoms with van der Waals surface area (Å²) < 4.78 is 54.9. The van der Waals surface area contributed by atoms with Gasteiger partial charge in [0.25, 0.3) is 5.91 Å². The van der Waals surface area contributed by atoms with Gasteiger partial charge in [-0.1, -0.05) is 36.4 Å². The van der Waals surface area contributed by atoms with Gasteiger partial charge in [-0.2, -0.15) is 0 Å². The summed E-state index contributed by atoms with van der Waals surface area (Å²) in [6.07, 6.45) is -0.422. The molecule has 4 heterocycles. The maximum atomic E-state index is 15.5. The van der Waals surface area contributed by atoms with Crippen LogP contribution < -0.4 is 37.2 Å². The average molecular weight is 1070 g/mol. The van der Waals surface area contributed by atoms with Crippen LogP contribution in [0.5, 0.6) is 0 Å². The Balaban J connectivity index is 1.05. The van der Waals surface area contributed by atoms with Crippen molar-refractivity contribution in [1.29, 1.82) is 0 Å². The number of carbonyl (C=O) groups is 6. The predicted molar refractivity (Wildman–Crippen MR) is 283 cm³/mol. The minimum Gasteiger partial charge on any atom is -0.383 e. The van der Waals surface area contributed by atoms with Gasteiger partial charge in [0.1, 0.15) is 35.2 Å². The van der Waals surface area contributed by atoms with E-state index in [2.05, 4.69) is 60.9 Å². The quantitative estimate of drug-likeness (QED) is 0.0670. The van der Waals surface area contributed by atoms with E-state index in [-0.39, 0.29) is 54.1 Å². The van der Waals surface area contributed by atoms with Crippen molar-refractivity contribution >= 4 is 52.4 Å². The highest BCUT2D eigenvalue weighted by atomic mass is 19.1. The summed E-state index contributed by atoms with van der Waals surface area (Å²) in [4.78, 5) is 92.1. The molecule has 9 atom stereocenters. The molecule has 0 spiro atoms. The number of Topliss-reactive ketones (excluding diaryl/α,β-unsaturated/α-hetero) is 1. The highest BCUT2D eigenvalue weighted by Gasteiger charge is 2.55. The number of likely N-dealkylation sites (N-methyl/N-ethyl adjacent to an activating group) is 1. The van der Waals surface area contributed by atoms with Gasteiger partial charge >= 0.3 is 0 Å². The summed E-state index contributed by atoms with van der Waals surface area (Å²) in [7, 11) is 2.93. The lowest BCUT2D eigenvalue weighted by Crippen LogP contribution is -2.66. The molecule has 0 radical (unpaired) electrons. The van der Waals surface area contributed by atoms with Crippen molar-refractivity contribution in [3.8, 4) is 0 Å². The summed E-state index contributed by atoms with van der Waals surface area (Å²) in [6, 6.07) is 15.2. The largest absolute Gasteiger partial charge is 0.383 e. The number of benzene rings is 4. The Morgan fingerprint density at radius 2 is 1.64 bits per heavy atom. The highest BCUT2D eigenvalue weighted by Crippen LogP contribution is 2.41. The van der Waals surface area contributed by atoms with Crippen molar-refractivity contribution in [1.82, 2.24) is 36.0 Å². The summed E-state index contributed by atoms with van der Waals surface area (Å²) in [5.74, 6) is -6.44. The normalized spacial score (nSPS) is 22.9. The number of methoxy groups -OCH3 is 1. The van der Waals surface area contributed by atoms with Crippen molar-refractivity contribution in [3.63, 3.8) is 0 Å². The van der Waals surface area contributed by atoms with E-state index in [9.17, 15) is 32.3 Å². The Morgan fingerprint density at radius 3 is 2.34 bits per heavy atom. The van der Waals surface area contributed by atoms with E-state index in [0.717, 1.165) is 40.8 Å². The Labute approximate surface area is 446 Å². The number of anilines is 3. The molecule has 0 unspecified atom stereocenters. The molecule has 18 nitrogen and oxygen atoms in total. The summed E-state index contributed by atoms with van der Waals surface area (Å²) in [5.41, 5.74) is 1.07. The van der Waals surface area contributed by atoms with Gasteiger partial charge in [0.15, 0.2) is 11.2 Å². The number of nitrogens with one attached hydrogen (secondary N) is 7. The van der Waals surface area contributed by atoms with E-state index in [0.29, 0.717) is 56.1 Å². The molecule has 8 rings (SSSR count). The van der Waals surface area contributed by atoms with Crippen LogP contribution in [0.3, 0.4) is 0 Å². The number of para-hydroxylation sites is 1. The van der Waals surface area contributed by atoms with E-state index in [1.165, 1.54) is 25.3 Å². The lowest BCUT2D eigenvalue weighted by atomic mass is 9.74. The van der Waals surface area contributed by atoms with Gasteiger partial charge in [0.2, 0.25) is 23.6 Å². The van der Waals surface area contributed by atoms with Crippen molar-refractivity contribution in [2.45, 2.75) is 101 Å². The standard InChI is InChI=1S/C56H69F3N10O8/c1-31-26-68(41(24-61-31)28-67-19-20-77-29-32(67)2)34(4)51(71)56(30-63-46-22-37(13-18-43(46)56)21-36-11-15-39(57)16-12-36)55(75)62-25-47(70)64-40-17-14-38-27-69(54(74)48(35(5)76-7)65-52(72)33(3)60-6)50(42(38)23-40)53(73)66-49-44(58)9-8-10-45(49)59/h8-18,22-23,31-35,41,48,50,60-61,63H,19-21,24-30H2,1-7H3,(H,62,75)(H,64,70)(H,65,72)(H,66,73)/t31-,32-,33+,34+,35-,41-,48+,50+,56-/m1/s1. The number of hydrogen-bond donors (Lipinski definition) is 7. The highest BCUT2D eigenvalue weighted by molar-refractivity contribution is 6.17. The van der Waals surface area contributed by atoms with Crippen LogP contribution in [0.4, 0.5) is 30.2 Å². The zero-order valence-electron chi connectivity index (χ0n) is 44.4. The summed E-state index contributed by atoms with van der Waals surface area (Å²) >= 11 is 0. The lowest BCUT2D eigenvalue weighted by molar-refractivity contribution is -0.145. The van der Waals surface area contributed by atoms with Crippen LogP contribution in [0.1, 0.15) is 68.5 Å². The SMILES string of the molecule is CN[C@@H](C)C(=O)N[C@H](C(=O)N1Cc2ccc(NC(=O)CNC(=O)[C@]3(C(=O)[C@H](C)N4C[C@@H](C)NC[C@@H]4CN4CCOC[C@H]4C)CNc4cc(Cc5ccc(F)cc5)ccc43)cc2[C@H]1C(=O)Nc1c(F)cccc1F)[C@@H](C)OC. The van der Waals surface area contributed by atoms with Crippen molar-refractivity contribution in [3.05, 3.63) is 124 Å². The first-order valence-corrected chi connectivity index (χ1v) is 26.1. The topological polar surface area (TPSA) is 215 Å². The second-order valence-corrected chi connectivity index (χ2v) is 20.6. The number of piperazine rings is 1. The van der Waals surface area contributed by atoms with E-state index in [1.54, 1.807) is 51.2 Å². The number of rotatable bonds is 19. The maximum Gasteiger partial charge on any atom is 0.252 e. The van der Waals surface area contributed by atoms with E-state index < -0.39 is 89.1 Å². The van der Waals surface area contributed by atoms with Crippen molar-refractivity contribution < 1.29 is 51.4 Å². The molecule has 412 valence electrons. The Hall–Kier alpha value is -6.75. The molecule has 5 amide bonds. The number of fused-ring (bicyclic) bond motifs is 2. The maximum absolute atomic E-state index is 15.5. The molecule has 77 heavy (non-hydrogen) atoms. The van der Waals surface area contributed by atoms with Gasteiger partial charge in [-0.25, -0.2) is 13.2 Å². The molecule has 0 saturated carbocycles. The molecule has 4 aliphatic heterocycles. The number of amides is 5. The first-order valence-electron chi connectivity index (χ1n) is 26.1. The van der Waals surface area contributed by atoms with Crippen LogP contribution in [-0.2, 0) is 56.6 Å². The molecule has 0 aliphatic carbocycles. The van der Waals surface area contributed by atoms with Crippen LogP contribution >= 0.6 is 0 Å². The average Bonchev–Trinajstić information content (AvgIpc) is 4.03. The molecule has 0 bridgehead atoms. The van der Waals surface area contributed by atoms with Crippen LogP contribution in [0.25, 0.3) is 0 Å². The fourth-order valence-corrected chi connectivity index (χ4v) is 10.8. The third-order valence-corrected chi connectivity index (χ3v) is 15.5. The zero-order valence-corrected chi connectivity index (χ0v) is 44.4. The fraction of sp³-hybridized carbons (Fsp3) is 0.464. The summed E-state index contributed by atoms with van der Waals surface area (Å²) in [5, 5.41) is 20.3. The van der Waals surface area contributed by atoms with E-state index >= 15 is 9.59 Å². The molecular weight excluding hydrogens is 998 g/mol.